The van der Waals surface area contributed by atoms with E-state index in [1.54, 1.807) is 0 Å². The van der Waals surface area contributed by atoms with Gasteiger partial charge in [0.1, 0.15) is 0 Å². The molecule has 0 aliphatic rings. The maximum Gasteiger partial charge on any atom is 0.0672 e. The minimum absolute atomic E-state index is 0.0893. The molecule has 1 aromatic carbocycles. The highest BCUT2D eigenvalue weighted by atomic mass is 15.3. The van der Waals surface area contributed by atoms with Gasteiger partial charge in [0.05, 0.1) is 11.7 Å². The van der Waals surface area contributed by atoms with Crippen LogP contribution >= 0.6 is 0 Å². The lowest BCUT2D eigenvalue weighted by molar-refractivity contribution is 0.746. The van der Waals surface area contributed by atoms with Crippen LogP contribution in [0.4, 0.5) is 0 Å². The smallest absolute Gasteiger partial charge is 0.0672 e. The van der Waals surface area contributed by atoms with Crippen molar-refractivity contribution in [3.8, 4) is 0 Å². The third kappa shape index (κ3) is 2.31. The maximum atomic E-state index is 6.42. The van der Waals surface area contributed by atoms with E-state index in [1.807, 2.05) is 17.9 Å². The van der Waals surface area contributed by atoms with Gasteiger partial charge in [0.15, 0.2) is 0 Å². The van der Waals surface area contributed by atoms with Crippen molar-refractivity contribution in [2.75, 3.05) is 0 Å². The number of rotatable bonds is 3. The number of aryl methyl sites for hydroxylation is 4. The van der Waals surface area contributed by atoms with Crippen LogP contribution in [0, 0.1) is 13.8 Å². The van der Waals surface area contributed by atoms with Crippen LogP contribution in [0.1, 0.15) is 40.9 Å². The van der Waals surface area contributed by atoms with E-state index in [0.717, 1.165) is 17.7 Å². The Bertz CT molecular complexity index is 555. The average Bonchev–Trinajstić information content (AvgIpc) is 2.72. The maximum absolute atomic E-state index is 6.42. The van der Waals surface area contributed by atoms with E-state index in [9.17, 15) is 0 Å². The van der Waals surface area contributed by atoms with Gasteiger partial charge < -0.3 is 5.73 Å². The second-order valence-corrected chi connectivity index (χ2v) is 4.90. The lowest BCUT2D eigenvalue weighted by Gasteiger charge is -2.15. The number of benzene rings is 1. The monoisotopic (exact) mass is 243 g/mol. The zero-order valence-electron chi connectivity index (χ0n) is 11.6. The summed E-state index contributed by atoms with van der Waals surface area (Å²) in [5.41, 5.74) is 12.3. The Morgan fingerprint density at radius 2 is 2.00 bits per heavy atom. The fourth-order valence-corrected chi connectivity index (χ4v) is 2.35. The topological polar surface area (TPSA) is 43.8 Å². The first kappa shape index (κ1) is 12.8. The molecule has 0 bridgehead atoms. The molecule has 0 saturated heterocycles. The Hall–Kier alpha value is -1.61. The molecule has 0 aliphatic heterocycles. The average molecular weight is 243 g/mol. The molecule has 3 heteroatoms. The summed E-state index contributed by atoms with van der Waals surface area (Å²) in [7, 11) is 1.94. The van der Waals surface area contributed by atoms with E-state index < -0.39 is 0 Å². The van der Waals surface area contributed by atoms with Gasteiger partial charge in [-0.1, -0.05) is 30.7 Å². The van der Waals surface area contributed by atoms with Gasteiger partial charge in [-0.05, 0) is 31.4 Å². The predicted molar refractivity (Wildman–Crippen MR) is 74.5 cm³/mol. The minimum atomic E-state index is -0.0893. The number of hydrogen-bond acceptors (Lipinski definition) is 2. The SMILES string of the molecule is CCc1nn(C)cc1C(N)c1cc(C)ccc1C. The highest BCUT2D eigenvalue weighted by molar-refractivity contribution is 5.39. The van der Waals surface area contributed by atoms with Crippen molar-refractivity contribution >= 4 is 0 Å². The molecular formula is C15H21N3. The summed E-state index contributed by atoms with van der Waals surface area (Å²) in [6, 6.07) is 6.34. The van der Waals surface area contributed by atoms with Gasteiger partial charge in [0, 0.05) is 18.8 Å². The van der Waals surface area contributed by atoms with Gasteiger partial charge in [0.25, 0.3) is 0 Å². The first-order valence-electron chi connectivity index (χ1n) is 6.38. The second kappa shape index (κ2) is 4.94. The zero-order valence-corrected chi connectivity index (χ0v) is 11.6. The van der Waals surface area contributed by atoms with Crippen LogP contribution in [-0.4, -0.2) is 9.78 Å². The summed E-state index contributed by atoms with van der Waals surface area (Å²) in [6.45, 7) is 6.32. The van der Waals surface area contributed by atoms with Gasteiger partial charge in [0.2, 0.25) is 0 Å². The van der Waals surface area contributed by atoms with Crippen LogP contribution in [-0.2, 0) is 13.5 Å². The van der Waals surface area contributed by atoms with E-state index >= 15 is 0 Å². The molecule has 2 N–H and O–H groups in total. The van der Waals surface area contributed by atoms with E-state index in [2.05, 4.69) is 44.1 Å². The van der Waals surface area contributed by atoms with Crippen molar-refractivity contribution in [2.45, 2.75) is 33.2 Å². The molecule has 0 amide bonds. The van der Waals surface area contributed by atoms with Crippen LogP contribution in [0.25, 0.3) is 0 Å². The fraction of sp³-hybridized carbons (Fsp3) is 0.400. The molecule has 0 radical (unpaired) electrons. The molecule has 1 unspecified atom stereocenters. The molecule has 3 nitrogen and oxygen atoms in total. The van der Waals surface area contributed by atoms with E-state index in [4.69, 9.17) is 5.73 Å². The Labute approximate surface area is 109 Å². The first-order chi connectivity index (χ1) is 8.52. The van der Waals surface area contributed by atoms with Gasteiger partial charge in [-0.2, -0.15) is 5.10 Å². The lowest BCUT2D eigenvalue weighted by atomic mass is 9.94. The summed E-state index contributed by atoms with van der Waals surface area (Å²) >= 11 is 0. The molecule has 1 heterocycles. The highest BCUT2D eigenvalue weighted by Gasteiger charge is 2.17. The number of nitrogens with two attached hydrogens (primary N) is 1. The summed E-state index contributed by atoms with van der Waals surface area (Å²) in [6.07, 6.45) is 2.94. The third-order valence-electron chi connectivity index (χ3n) is 3.38. The molecule has 0 saturated carbocycles. The van der Waals surface area contributed by atoms with Crippen molar-refractivity contribution in [2.24, 2.45) is 12.8 Å². The standard InChI is InChI=1S/C15H21N3/c1-5-14-13(9-18(4)17-14)15(16)12-8-10(2)6-7-11(12)3/h6-9,15H,5,16H2,1-4H3. The molecule has 1 atom stereocenters. The van der Waals surface area contributed by atoms with E-state index in [-0.39, 0.29) is 6.04 Å². The molecular weight excluding hydrogens is 222 g/mol. The van der Waals surface area contributed by atoms with Crippen LogP contribution in [0.2, 0.25) is 0 Å². The molecule has 0 aliphatic carbocycles. The first-order valence-corrected chi connectivity index (χ1v) is 6.38. The van der Waals surface area contributed by atoms with Gasteiger partial charge >= 0.3 is 0 Å². The van der Waals surface area contributed by atoms with E-state index in [0.29, 0.717) is 0 Å². The molecule has 0 spiro atoms. The highest BCUT2D eigenvalue weighted by Crippen LogP contribution is 2.25. The number of nitrogens with zero attached hydrogens (tertiary/aromatic N) is 2. The Kier molecular flexibility index (Phi) is 3.53. The molecule has 96 valence electrons. The zero-order chi connectivity index (χ0) is 13.3. The molecule has 1 aromatic heterocycles. The van der Waals surface area contributed by atoms with Crippen LogP contribution in [0.15, 0.2) is 24.4 Å². The number of hydrogen-bond donors (Lipinski definition) is 1. The fourth-order valence-electron chi connectivity index (χ4n) is 2.35. The van der Waals surface area contributed by atoms with Gasteiger partial charge in [-0.25, -0.2) is 0 Å². The van der Waals surface area contributed by atoms with Crippen LogP contribution in [0.3, 0.4) is 0 Å². The summed E-state index contributed by atoms with van der Waals surface area (Å²) < 4.78 is 1.85. The van der Waals surface area contributed by atoms with Gasteiger partial charge in [-0.15, -0.1) is 0 Å². The normalized spacial score (nSPS) is 12.7. The quantitative estimate of drug-likeness (QED) is 0.900. The minimum Gasteiger partial charge on any atom is -0.320 e. The second-order valence-electron chi connectivity index (χ2n) is 4.90. The molecule has 0 fully saturated rings. The van der Waals surface area contributed by atoms with Crippen molar-refractivity contribution in [1.82, 2.24) is 9.78 Å². The molecule has 2 aromatic rings. The number of aromatic nitrogens is 2. The van der Waals surface area contributed by atoms with Gasteiger partial charge in [-0.3, -0.25) is 4.68 Å². The van der Waals surface area contributed by atoms with E-state index in [1.165, 1.54) is 16.7 Å². The Morgan fingerprint density at radius 3 is 2.67 bits per heavy atom. The van der Waals surface area contributed by atoms with Crippen molar-refractivity contribution in [1.29, 1.82) is 0 Å². The molecule has 2 rings (SSSR count). The largest absolute Gasteiger partial charge is 0.320 e. The van der Waals surface area contributed by atoms with Crippen molar-refractivity contribution in [3.63, 3.8) is 0 Å². The summed E-state index contributed by atoms with van der Waals surface area (Å²) in [5.74, 6) is 0. The lowest BCUT2D eigenvalue weighted by Crippen LogP contribution is -2.14. The van der Waals surface area contributed by atoms with Crippen LogP contribution in [0.5, 0.6) is 0 Å². The Morgan fingerprint density at radius 1 is 1.28 bits per heavy atom. The molecule has 18 heavy (non-hydrogen) atoms. The summed E-state index contributed by atoms with van der Waals surface area (Å²) in [5, 5.41) is 4.46. The Balaban J connectivity index is 2.46. The van der Waals surface area contributed by atoms with Crippen molar-refractivity contribution < 1.29 is 0 Å². The summed E-state index contributed by atoms with van der Waals surface area (Å²) in [4.78, 5) is 0. The van der Waals surface area contributed by atoms with Crippen LogP contribution < -0.4 is 5.73 Å². The predicted octanol–water partition coefficient (Wildman–Crippen LogP) is 2.65. The third-order valence-corrected chi connectivity index (χ3v) is 3.38. The van der Waals surface area contributed by atoms with Crippen molar-refractivity contribution in [3.05, 3.63) is 52.3 Å².